The summed E-state index contributed by atoms with van der Waals surface area (Å²) < 4.78 is 5.07. The molecule has 2 heterocycles. The Labute approximate surface area is 96.0 Å². The minimum absolute atomic E-state index is 0.278. The number of carboxylic acid groups (broad SMARTS) is 1. The molecular formula is C12H9NO4. The number of hydrogen-bond acceptors (Lipinski definition) is 3. The Kier molecular flexibility index (Phi) is 2.91. The van der Waals surface area contributed by atoms with Crippen molar-refractivity contribution in [3.63, 3.8) is 0 Å². The summed E-state index contributed by atoms with van der Waals surface area (Å²) in [7, 11) is 0. The summed E-state index contributed by atoms with van der Waals surface area (Å²) in [6, 6.07) is 4.74. The maximum atomic E-state index is 11.4. The molecule has 0 aliphatic heterocycles. The van der Waals surface area contributed by atoms with Gasteiger partial charge >= 0.3 is 5.97 Å². The van der Waals surface area contributed by atoms with E-state index in [4.69, 9.17) is 9.52 Å². The number of hydrogen-bond donors (Lipinski definition) is 2. The number of pyridine rings is 1. The SMILES string of the molecule is O=C(O)c1c[nH]c(/C=C/c2ccco2)cc1=O. The first kappa shape index (κ1) is 10.9. The summed E-state index contributed by atoms with van der Waals surface area (Å²) in [6.07, 6.45) is 6.01. The van der Waals surface area contributed by atoms with E-state index in [1.165, 1.54) is 18.5 Å². The lowest BCUT2D eigenvalue weighted by Crippen LogP contribution is -2.14. The zero-order valence-electron chi connectivity index (χ0n) is 8.71. The molecule has 0 aliphatic carbocycles. The van der Waals surface area contributed by atoms with Crippen LogP contribution in [-0.2, 0) is 0 Å². The lowest BCUT2D eigenvalue weighted by Gasteiger charge is -1.95. The van der Waals surface area contributed by atoms with Crippen LogP contribution in [-0.4, -0.2) is 16.1 Å². The van der Waals surface area contributed by atoms with E-state index in [1.807, 2.05) is 0 Å². The van der Waals surface area contributed by atoms with Crippen molar-refractivity contribution in [3.05, 3.63) is 57.9 Å². The van der Waals surface area contributed by atoms with E-state index in [1.54, 1.807) is 24.3 Å². The van der Waals surface area contributed by atoms with E-state index in [2.05, 4.69) is 4.98 Å². The van der Waals surface area contributed by atoms with E-state index in [-0.39, 0.29) is 5.56 Å². The van der Waals surface area contributed by atoms with Crippen molar-refractivity contribution in [2.24, 2.45) is 0 Å². The number of aromatic nitrogens is 1. The molecule has 0 aromatic carbocycles. The smallest absolute Gasteiger partial charge is 0.341 e. The number of carboxylic acids is 1. The summed E-state index contributed by atoms with van der Waals surface area (Å²) in [6.45, 7) is 0. The minimum Gasteiger partial charge on any atom is -0.477 e. The fourth-order valence-electron chi connectivity index (χ4n) is 1.31. The lowest BCUT2D eigenvalue weighted by atomic mass is 10.2. The van der Waals surface area contributed by atoms with Gasteiger partial charge in [0.1, 0.15) is 11.3 Å². The highest BCUT2D eigenvalue weighted by atomic mass is 16.4. The molecule has 0 aliphatic rings. The Morgan fingerprint density at radius 1 is 1.41 bits per heavy atom. The Balaban J connectivity index is 2.27. The van der Waals surface area contributed by atoms with E-state index in [0.717, 1.165) is 0 Å². The molecule has 0 atom stereocenters. The van der Waals surface area contributed by atoms with Gasteiger partial charge in [0.05, 0.1) is 6.26 Å². The highest BCUT2D eigenvalue weighted by Gasteiger charge is 2.07. The molecule has 0 saturated carbocycles. The quantitative estimate of drug-likeness (QED) is 0.844. The molecule has 0 fully saturated rings. The van der Waals surface area contributed by atoms with Gasteiger partial charge in [0, 0.05) is 18.0 Å². The number of aromatic amines is 1. The number of rotatable bonds is 3. The van der Waals surface area contributed by atoms with Gasteiger partial charge in [-0.25, -0.2) is 4.79 Å². The second-order valence-electron chi connectivity index (χ2n) is 3.32. The molecular weight excluding hydrogens is 222 g/mol. The van der Waals surface area contributed by atoms with Crippen LogP contribution in [0.2, 0.25) is 0 Å². The zero-order chi connectivity index (χ0) is 12.3. The van der Waals surface area contributed by atoms with Gasteiger partial charge < -0.3 is 14.5 Å². The first-order chi connectivity index (χ1) is 8.16. The van der Waals surface area contributed by atoms with Gasteiger partial charge in [0.2, 0.25) is 0 Å². The second kappa shape index (κ2) is 4.52. The number of aromatic carboxylic acids is 1. The molecule has 5 heteroatoms. The fraction of sp³-hybridized carbons (Fsp3) is 0. The molecule has 0 spiro atoms. The largest absolute Gasteiger partial charge is 0.477 e. The van der Waals surface area contributed by atoms with Crippen LogP contribution < -0.4 is 5.43 Å². The van der Waals surface area contributed by atoms with Crippen molar-refractivity contribution in [2.45, 2.75) is 0 Å². The molecule has 5 nitrogen and oxygen atoms in total. The van der Waals surface area contributed by atoms with Crippen LogP contribution in [0, 0.1) is 0 Å². The molecule has 0 radical (unpaired) electrons. The topological polar surface area (TPSA) is 83.3 Å². The number of carbonyl (C=O) groups is 1. The third-order valence-electron chi connectivity index (χ3n) is 2.14. The van der Waals surface area contributed by atoms with Crippen LogP contribution in [0.25, 0.3) is 12.2 Å². The van der Waals surface area contributed by atoms with E-state index >= 15 is 0 Å². The molecule has 0 saturated heterocycles. The van der Waals surface area contributed by atoms with Gasteiger partial charge in [-0.3, -0.25) is 4.79 Å². The van der Waals surface area contributed by atoms with Crippen molar-refractivity contribution in [2.75, 3.05) is 0 Å². The average molecular weight is 231 g/mol. The molecule has 2 N–H and O–H groups in total. The van der Waals surface area contributed by atoms with Crippen LogP contribution >= 0.6 is 0 Å². The standard InChI is InChI=1S/C12H9NO4/c14-11-6-8(13-7-10(11)12(15)16)3-4-9-2-1-5-17-9/h1-7H,(H,13,14)(H,15,16)/b4-3+. The first-order valence-corrected chi connectivity index (χ1v) is 4.84. The van der Waals surface area contributed by atoms with Gasteiger partial charge in [0.15, 0.2) is 5.43 Å². The molecule has 0 unspecified atom stereocenters. The highest BCUT2D eigenvalue weighted by molar-refractivity contribution is 5.87. The van der Waals surface area contributed by atoms with Crippen LogP contribution in [0.3, 0.4) is 0 Å². The molecule has 2 aromatic rings. The van der Waals surface area contributed by atoms with E-state index < -0.39 is 11.4 Å². The molecule has 2 aromatic heterocycles. The van der Waals surface area contributed by atoms with Crippen LogP contribution in [0.5, 0.6) is 0 Å². The summed E-state index contributed by atoms with van der Waals surface area (Å²) in [4.78, 5) is 24.7. The van der Waals surface area contributed by atoms with Gasteiger partial charge in [-0.1, -0.05) is 0 Å². The summed E-state index contributed by atoms with van der Waals surface area (Å²) in [5.41, 5.74) is -0.299. The maximum Gasteiger partial charge on any atom is 0.341 e. The number of furan rings is 1. The molecule has 0 bridgehead atoms. The Morgan fingerprint density at radius 3 is 2.82 bits per heavy atom. The zero-order valence-corrected chi connectivity index (χ0v) is 8.71. The third kappa shape index (κ3) is 2.52. The van der Waals surface area contributed by atoms with Gasteiger partial charge in [-0.05, 0) is 24.3 Å². The average Bonchev–Trinajstić information content (AvgIpc) is 2.78. The van der Waals surface area contributed by atoms with E-state index in [9.17, 15) is 9.59 Å². The monoisotopic (exact) mass is 231 g/mol. The van der Waals surface area contributed by atoms with Crippen LogP contribution in [0.4, 0.5) is 0 Å². The minimum atomic E-state index is -1.24. The lowest BCUT2D eigenvalue weighted by molar-refractivity contribution is 0.0695. The summed E-state index contributed by atoms with van der Waals surface area (Å²) in [5.74, 6) is -0.596. The third-order valence-corrected chi connectivity index (χ3v) is 2.14. The van der Waals surface area contributed by atoms with Crippen LogP contribution in [0.1, 0.15) is 21.8 Å². The van der Waals surface area contributed by atoms with Crippen molar-refractivity contribution in [3.8, 4) is 0 Å². The van der Waals surface area contributed by atoms with Crippen molar-refractivity contribution in [1.82, 2.24) is 4.98 Å². The van der Waals surface area contributed by atoms with Crippen molar-refractivity contribution < 1.29 is 14.3 Å². The highest BCUT2D eigenvalue weighted by Crippen LogP contribution is 2.05. The first-order valence-electron chi connectivity index (χ1n) is 4.84. The molecule has 0 amide bonds. The van der Waals surface area contributed by atoms with Crippen molar-refractivity contribution in [1.29, 1.82) is 0 Å². The van der Waals surface area contributed by atoms with Gasteiger partial charge in [0.25, 0.3) is 0 Å². The Bertz CT molecular complexity index is 608. The van der Waals surface area contributed by atoms with Gasteiger partial charge in [-0.15, -0.1) is 0 Å². The number of H-pyrrole nitrogens is 1. The van der Waals surface area contributed by atoms with E-state index in [0.29, 0.717) is 11.5 Å². The molecule has 86 valence electrons. The molecule has 17 heavy (non-hydrogen) atoms. The summed E-state index contributed by atoms with van der Waals surface area (Å²) in [5, 5.41) is 8.68. The fourth-order valence-corrected chi connectivity index (χ4v) is 1.31. The molecule has 2 rings (SSSR count). The maximum absolute atomic E-state index is 11.4. The second-order valence-corrected chi connectivity index (χ2v) is 3.32. The Hall–Kier alpha value is -2.56. The van der Waals surface area contributed by atoms with Crippen LogP contribution in [0.15, 0.2) is 39.9 Å². The van der Waals surface area contributed by atoms with Gasteiger partial charge in [-0.2, -0.15) is 0 Å². The van der Waals surface area contributed by atoms with Crippen molar-refractivity contribution >= 4 is 18.1 Å². The number of nitrogens with one attached hydrogen (secondary N) is 1. The predicted octanol–water partition coefficient (Wildman–Crippen LogP) is 1.84. The Morgan fingerprint density at radius 2 is 2.24 bits per heavy atom. The normalized spacial score (nSPS) is 10.8. The predicted molar refractivity (Wildman–Crippen MR) is 61.7 cm³/mol. The summed E-state index contributed by atoms with van der Waals surface area (Å²) >= 11 is 0.